The van der Waals surface area contributed by atoms with Crippen LogP contribution in [0.1, 0.15) is 31.0 Å². The Labute approximate surface area is 125 Å². The van der Waals surface area contributed by atoms with Crippen LogP contribution in [0.5, 0.6) is 11.5 Å². The minimum Gasteiger partial charge on any atom is -0.494 e. The lowest BCUT2D eigenvalue weighted by Crippen LogP contribution is -2.29. The van der Waals surface area contributed by atoms with Gasteiger partial charge in [0.2, 0.25) is 0 Å². The number of ether oxygens (including phenoxy) is 2. The molecule has 0 saturated carbocycles. The Kier molecular flexibility index (Phi) is 5.60. The third-order valence-electron chi connectivity index (χ3n) is 3.23. The summed E-state index contributed by atoms with van der Waals surface area (Å²) in [4.78, 5) is 0. The average Bonchev–Trinajstić information content (AvgIpc) is 2.52. The second-order valence-corrected chi connectivity index (χ2v) is 4.54. The Morgan fingerprint density at radius 2 is 1.29 bits per heavy atom. The first-order valence-electron chi connectivity index (χ1n) is 7.21. The highest BCUT2D eigenvalue weighted by Gasteiger charge is 2.20. The van der Waals surface area contributed by atoms with E-state index in [0.717, 1.165) is 22.6 Å². The highest BCUT2D eigenvalue weighted by molar-refractivity contribution is 5.46. The van der Waals surface area contributed by atoms with Gasteiger partial charge < -0.3 is 9.47 Å². The van der Waals surface area contributed by atoms with Gasteiger partial charge in [0.1, 0.15) is 11.5 Å². The summed E-state index contributed by atoms with van der Waals surface area (Å²) in [7, 11) is 0. The molecular weight excluding hydrogens is 264 g/mol. The van der Waals surface area contributed by atoms with Crippen molar-refractivity contribution in [2.45, 2.75) is 19.9 Å². The number of hydrogen-bond acceptors (Lipinski definition) is 4. The summed E-state index contributed by atoms with van der Waals surface area (Å²) in [5, 5.41) is 0. The van der Waals surface area contributed by atoms with E-state index in [0.29, 0.717) is 13.2 Å². The molecule has 2 aromatic carbocycles. The Bertz CT molecular complexity index is 523. The maximum atomic E-state index is 5.81. The zero-order chi connectivity index (χ0) is 15.1. The molecule has 4 nitrogen and oxygen atoms in total. The van der Waals surface area contributed by atoms with Gasteiger partial charge in [0.25, 0.3) is 0 Å². The smallest absolute Gasteiger partial charge is 0.124 e. The number of benzene rings is 2. The van der Waals surface area contributed by atoms with Crippen LogP contribution in [0.2, 0.25) is 0 Å². The monoisotopic (exact) mass is 286 g/mol. The minimum absolute atomic E-state index is 0.185. The minimum atomic E-state index is -0.185. The summed E-state index contributed by atoms with van der Waals surface area (Å²) in [5.41, 5.74) is 4.86. The normalized spacial score (nSPS) is 10.7. The van der Waals surface area contributed by atoms with Crippen molar-refractivity contribution in [2.75, 3.05) is 13.2 Å². The number of hydrogen-bond donors (Lipinski definition) is 2. The molecule has 0 heterocycles. The molecule has 0 radical (unpaired) electrons. The van der Waals surface area contributed by atoms with Gasteiger partial charge >= 0.3 is 0 Å². The maximum Gasteiger partial charge on any atom is 0.124 e. The molecule has 4 heteroatoms. The van der Waals surface area contributed by atoms with Gasteiger partial charge in [-0.1, -0.05) is 36.4 Å². The van der Waals surface area contributed by atoms with Crippen molar-refractivity contribution in [3.8, 4) is 11.5 Å². The lowest BCUT2D eigenvalue weighted by atomic mass is 9.97. The SMILES string of the molecule is CCOc1ccccc1C(NN)c1ccccc1OCC. The van der Waals surface area contributed by atoms with E-state index < -0.39 is 0 Å². The van der Waals surface area contributed by atoms with Crippen molar-refractivity contribution in [1.29, 1.82) is 0 Å². The van der Waals surface area contributed by atoms with Crippen LogP contribution in [0.25, 0.3) is 0 Å². The van der Waals surface area contributed by atoms with Crippen LogP contribution in [-0.4, -0.2) is 13.2 Å². The molecule has 21 heavy (non-hydrogen) atoms. The first-order chi connectivity index (χ1) is 10.3. The van der Waals surface area contributed by atoms with Gasteiger partial charge in [0, 0.05) is 11.1 Å². The lowest BCUT2D eigenvalue weighted by molar-refractivity contribution is 0.326. The molecule has 2 rings (SSSR count). The highest BCUT2D eigenvalue weighted by atomic mass is 16.5. The van der Waals surface area contributed by atoms with E-state index in [-0.39, 0.29) is 6.04 Å². The van der Waals surface area contributed by atoms with Gasteiger partial charge in [-0.3, -0.25) is 5.84 Å². The van der Waals surface area contributed by atoms with E-state index in [2.05, 4.69) is 5.43 Å². The predicted molar refractivity (Wildman–Crippen MR) is 84.4 cm³/mol. The summed E-state index contributed by atoms with van der Waals surface area (Å²) in [6.07, 6.45) is 0. The molecule has 0 saturated heterocycles. The average molecular weight is 286 g/mol. The zero-order valence-corrected chi connectivity index (χ0v) is 12.5. The van der Waals surface area contributed by atoms with Crippen LogP contribution in [0.3, 0.4) is 0 Å². The van der Waals surface area contributed by atoms with Gasteiger partial charge in [0.05, 0.1) is 19.3 Å². The van der Waals surface area contributed by atoms with Gasteiger partial charge in [-0.15, -0.1) is 0 Å². The number of nitrogens with one attached hydrogen (secondary N) is 1. The maximum absolute atomic E-state index is 5.81. The van der Waals surface area contributed by atoms with Crippen LogP contribution in [-0.2, 0) is 0 Å². The van der Waals surface area contributed by atoms with E-state index in [9.17, 15) is 0 Å². The third kappa shape index (κ3) is 3.54. The summed E-state index contributed by atoms with van der Waals surface area (Å²) in [6.45, 7) is 5.16. The van der Waals surface area contributed by atoms with Crippen LogP contribution in [0.4, 0.5) is 0 Å². The van der Waals surface area contributed by atoms with E-state index in [1.165, 1.54) is 0 Å². The van der Waals surface area contributed by atoms with E-state index in [1.807, 2.05) is 62.4 Å². The van der Waals surface area contributed by atoms with Gasteiger partial charge in [-0.05, 0) is 26.0 Å². The third-order valence-corrected chi connectivity index (χ3v) is 3.23. The molecule has 0 atom stereocenters. The van der Waals surface area contributed by atoms with Gasteiger partial charge in [-0.25, -0.2) is 5.43 Å². The molecule has 0 fully saturated rings. The first-order valence-corrected chi connectivity index (χ1v) is 7.21. The van der Waals surface area contributed by atoms with E-state index in [1.54, 1.807) is 0 Å². The van der Waals surface area contributed by atoms with Crippen molar-refractivity contribution in [1.82, 2.24) is 5.43 Å². The molecule has 112 valence electrons. The number of rotatable bonds is 7. The molecule has 0 aromatic heterocycles. The van der Waals surface area contributed by atoms with Crippen molar-refractivity contribution in [3.63, 3.8) is 0 Å². The Hall–Kier alpha value is -2.04. The van der Waals surface area contributed by atoms with Crippen LogP contribution >= 0.6 is 0 Å². The Morgan fingerprint density at radius 1 is 0.857 bits per heavy atom. The van der Waals surface area contributed by atoms with Crippen molar-refractivity contribution < 1.29 is 9.47 Å². The fourth-order valence-corrected chi connectivity index (χ4v) is 2.36. The second kappa shape index (κ2) is 7.67. The van der Waals surface area contributed by atoms with Crippen molar-refractivity contribution in [3.05, 3.63) is 59.7 Å². The van der Waals surface area contributed by atoms with Crippen molar-refractivity contribution >= 4 is 0 Å². The quantitative estimate of drug-likeness (QED) is 0.607. The number of nitrogens with two attached hydrogens (primary N) is 1. The van der Waals surface area contributed by atoms with Gasteiger partial charge in [-0.2, -0.15) is 0 Å². The number of para-hydroxylation sites is 2. The molecule has 0 aliphatic carbocycles. The molecule has 0 bridgehead atoms. The molecule has 0 aliphatic heterocycles. The predicted octanol–water partition coefficient (Wildman–Crippen LogP) is 3.04. The Morgan fingerprint density at radius 3 is 1.67 bits per heavy atom. The number of hydrazine groups is 1. The topological polar surface area (TPSA) is 56.5 Å². The molecule has 0 aliphatic rings. The highest BCUT2D eigenvalue weighted by Crippen LogP contribution is 2.34. The largest absolute Gasteiger partial charge is 0.494 e. The molecular formula is C17H22N2O2. The first kappa shape index (κ1) is 15.4. The van der Waals surface area contributed by atoms with Crippen LogP contribution in [0, 0.1) is 0 Å². The van der Waals surface area contributed by atoms with E-state index in [4.69, 9.17) is 15.3 Å². The standard InChI is InChI=1S/C17H22N2O2/c1-3-20-15-11-7-5-9-13(15)17(19-18)14-10-6-8-12-16(14)21-4-2/h5-12,17,19H,3-4,18H2,1-2H3. The molecule has 0 spiro atoms. The summed E-state index contributed by atoms with van der Waals surface area (Å²) >= 11 is 0. The Balaban J connectivity index is 2.45. The molecule has 0 unspecified atom stereocenters. The second-order valence-electron chi connectivity index (χ2n) is 4.54. The summed E-state index contributed by atoms with van der Waals surface area (Å²) in [5.74, 6) is 7.46. The summed E-state index contributed by atoms with van der Waals surface area (Å²) < 4.78 is 11.4. The van der Waals surface area contributed by atoms with Crippen LogP contribution < -0.4 is 20.7 Å². The fourth-order valence-electron chi connectivity index (χ4n) is 2.36. The lowest BCUT2D eigenvalue weighted by Gasteiger charge is -2.22. The zero-order valence-electron chi connectivity index (χ0n) is 12.5. The summed E-state index contributed by atoms with van der Waals surface area (Å²) in [6, 6.07) is 15.6. The fraction of sp³-hybridized carbons (Fsp3) is 0.294. The van der Waals surface area contributed by atoms with Gasteiger partial charge in [0.15, 0.2) is 0 Å². The molecule has 2 aromatic rings. The van der Waals surface area contributed by atoms with E-state index >= 15 is 0 Å². The molecule has 3 N–H and O–H groups in total. The van der Waals surface area contributed by atoms with Crippen molar-refractivity contribution in [2.24, 2.45) is 5.84 Å². The molecule has 0 amide bonds. The van der Waals surface area contributed by atoms with Crippen LogP contribution in [0.15, 0.2) is 48.5 Å².